The maximum atomic E-state index is 12.5. The molecular formula is C21H25N3O3S2. The maximum Gasteiger partial charge on any atom is 0.257 e. The molecule has 1 aliphatic rings. The Bertz CT molecular complexity index is 939. The van der Waals surface area contributed by atoms with Gasteiger partial charge in [-0.1, -0.05) is 19.9 Å². The third-order valence-corrected chi connectivity index (χ3v) is 6.16. The van der Waals surface area contributed by atoms with E-state index in [1.165, 1.54) is 11.3 Å². The van der Waals surface area contributed by atoms with Crippen LogP contribution in [0.5, 0.6) is 5.75 Å². The third kappa shape index (κ3) is 5.13. The number of thiocarbonyl (C=S) groups is 1. The summed E-state index contributed by atoms with van der Waals surface area (Å²) in [5.41, 5.74) is 7.57. The number of nitrogens with one attached hydrogen (secondary N) is 2. The van der Waals surface area contributed by atoms with Crippen LogP contribution in [0.25, 0.3) is 0 Å². The molecule has 8 heteroatoms. The SMILES string of the molecule is CCCOc1cccc(C(=O)NC(=S)Nc2sc3c(c2C(N)=O)CC[C@@H](C)C3)c1. The number of nitrogens with two attached hydrogens (primary N) is 1. The number of hydrogen-bond acceptors (Lipinski definition) is 5. The Balaban J connectivity index is 1.71. The van der Waals surface area contributed by atoms with E-state index in [1.54, 1.807) is 24.3 Å². The van der Waals surface area contributed by atoms with Crippen LogP contribution in [0.3, 0.4) is 0 Å². The van der Waals surface area contributed by atoms with Crippen LogP contribution in [-0.4, -0.2) is 23.5 Å². The first-order valence-electron chi connectivity index (χ1n) is 9.68. The Labute approximate surface area is 179 Å². The molecule has 0 fully saturated rings. The number of thiophene rings is 1. The van der Waals surface area contributed by atoms with Crippen molar-refractivity contribution in [2.24, 2.45) is 11.7 Å². The summed E-state index contributed by atoms with van der Waals surface area (Å²) in [4.78, 5) is 25.7. The number of anilines is 1. The first-order valence-corrected chi connectivity index (χ1v) is 10.9. The number of carbonyl (C=O) groups is 2. The summed E-state index contributed by atoms with van der Waals surface area (Å²) in [5.74, 6) is 0.382. The van der Waals surface area contributed by atoms with E-state index in [0.29, 0.717) is 34.4 Å². The van der Waals surface area contributed by atoms with Crippen molar-refractivity contribution in [2.75, 3.05) is 11.9 Å². The lowest BCUT2D eigenvalue weighted by Gasteiger charge is -2.18. The van der Waals surface area contributed by atoms with Crippen molar-refractivity contribution >= 4 is 45.5 Å². The summed E-state index contributed by atoms with van der Waals surface area (Å²) in [7, 11) is 0. The summed E-state index contributed by atoms with van der Waals surface area (Å²) >= 11 is 6.79. The van der Waals surface area contributed by atoms with Crippen LogP contribution in [0.15, 0.2) is 24.3 Å². The number of hydrogen-bond donors (Lipinski definition) is 3. The van der Waals surface area contributed by atoms with E-state index in [9.17, 15) is 9.59 Å². The molecule has 1 aliphatic carbocycles. The molecular weight excluding hydrogens is 406 g/mol. The molecule has 29 heavy (non-hydrogen) atoms. The second-order valence-corrected chi connectivity index (χ2v) is 8.72. The van der Waals surface area contributed by atoms with E-state index in [4.69, 9.17) is 22.7 Å². The van der Waals surface area contributed by atoms with E-state index >= 15 is 0 Å². The van der Waals surface area contributed by atoms with Gasteiger partial charge in [-0.3, -0.25) is 14.9 Å². The van der Waals surface area contributed by atoms with Crippen LogP contribution in [0.1, 0.15) is 57.8 Å². The monoisotopic (exact) mass is 431 g/mol. The Morgan fingerprint density at radius 3 is 2.90 bits per heavy atom. The number of fused-ring (bicyclic) bond motifs is 1. The molecule has 3 rings (SSSR count). The lowest BCUT2D eigenvalue weighted by Crippen LogP contribution is -2.34. The van der Waals surface area contributed by atoms with E-state index in [0.717, 1.165) is 36.1 Å². The largest absolute Gasteiger partial charge is 0.494 e. The van der Waals surface area contributed by atoms with Gasteiger partial charge in [0.1, 0.15) is 10.8 Å². The summed E-state index contributed by atoms with van der Waals surface area (Å²) < 4.78 is 5.57. The highest BCUT2D eigenvalue weighted by Gasteiger charge is 2.27. The summed E-state index contributed by atoms with van der Waals surface area (Å²) in [5, 5.41) is 6.39. The Hall–Kier alpha value is -2.45. The van der Waals surface area contributed by atoms with Crippen LogP contribution < -0.4 is 21.1 Å². The quantitative estimate of drug-likeness (QED) is 0.604. The number of carbonyl (C=O) groups excluding carboxylic acids is 2. The van der Waals surface area contributed by atoms with Crippen LogP contribution in [-0.2, 0) is 12.8 Å². The fraction of sp³-hybridized carbons (Fsp3) is 0.381. The van der Waals surface area contributed by atoms with Crippen molar-refractivity contribution in [3.8, 4) is 5.75 Å². The van der Waals surface area contributed by atoms with E-state index < -0.39 is 5.91 Å². The second-order valence-electron chi connectivity index (χ2n) is 7.20. The summed E-state index contributed by atoms with van der Waals surface area (Å²) in [6.07, 6.45) is 3.67. The van der Waals surface area contributed by atoms with E-state index in [-0.39, 0.29) is 11.0 Å². The molecule has 0 radical (unpaired) electrons. The highest BCUT2D eigenvalue weighted by atomic mass is 32.1. The minimum atomic E-state index is -0.477. The minimum absolute atomic E-state index is 0.129. The topological polar surface area (TPSA) is 93.4 Å². The molecule has 154 valence electrons. The fourth-order valence-electron chi connectivity index (χ4n) is 3.36. The fourth-order valence-corrected chi connectivity index (χ4v) is 5.04. The van der Waals surface area contributed by atoms with Gasteiger partial charge < -0.3 is 15.8 Å². The number of benzene rings is 1. The summed E-state index contributed by atoms with van der Waals surface area (Å²) in [6.45, 7) is 4.80. The van der Waals surface area contributed by atoms with Gasteiger partial charge in [-0.25, -0.2) is 0 Å². The van der Waals surface area contributed by atoms with Gasteiger partial charge in [0.2, 0.25) is 0 Å². The molecule has 6 nitrogen and oxygen atoms in total. The van der Waals surface area contributed by atoms with Gasteiger partial charge >= 0.3 is 0 Å². The Morgan fingerprint density at radius 1 is 1.38 bits per heavy atom. The van der Waals surface area contributed by atoms with E-state index in [1.807, 2.05) is 6.92 Å². The zero-order valence-electron chi connectivity index (χ0n) is 16.5. The molecule has 1 atom stereocenters. The predicted molar refractivity (Wildman–Crippen MR) is 120 cm³/mol. The van der Waals surface area contributed by atoms with Crippen LogP contribution in [0.2, 0.25) is 0 Å². The third-order valence-electron chi connectivity index (χ3n) is 4.78. The van der Waals surface area contributed by atoms with E-state index in [2.05, 4.69) is 17.6 Å². The van der Waals surface area contributed by atoms with Crippen molar-refractivity contribution < 1.29 is 14.3 Å². The molecule has 1 aromatic carbocycles. The van der Waals surface area contributed by atoms with Crippen molar-refractivity contribution in [1.29, 1.82) is 0 Å². The van der Waals surface area contributed by atoms with Gasteiger partial charge in [0.15, 0.2) is 5.11 Å². The van der Waals surface area contributed by atoms with Crippen molar-refractivity contribution in [3.63, 3.8) is 0 Å². The lowest BCUT2D eigenvalue weighted by atomic mass is 9.88. The highest BCUT2D eigenvalue weighted by Crippen LogP contribution is 2.39. The molecule has 2 aromatic rings. The number of primary amides is 1. The standard InChI is InChI=1S/C21H25N3O3S2/c1-3-9-27-14-6-4-5-13(11-14)19(26)23-21(28)24-20-17(18(22)25)15-8-7-12(2)10-16(15)29-20/h4-6,11-12H,3,7-10H2,1-2H3,(H2,22,25)(H2,23,24,26,28)/t12-/m1/s1. The molecule has 0 aliphatic heterocycles. The zero-order chi connectivity index (χ0) is 21.0. The van der Waals surface area contributed by atoms with Gasteiger partial charge in [0, 0.05) is 10.4 Å². The smallest absolute Gasteiger partial charge is 0.257 e. The average Bonchev–Trinajstić information content (AvgIpc) is 3.03. The molecule has 0 spiro atoms. The molecule has 2 amide bonds. The van der Waals surface area contributed by atoms with Gasteiger partial charge in [-0.15, -0.1) is 11.3 Å². The lowest BCUT2D eigenvalue weighted by molar-refractivity contribution is 0.0975. The van der Waals surface area contributed by atoms with Crippen molar-refractivity contribution in [3.05, 3.63) is 45.8 Å². The van der Waals surface area contributed by atoms with Gasteiger partial charge in [0.25, 0.3) is 11.8 Å². The highest BCUT2D eigenvalue weighted by molar-refractivity contribution is 7.80. The normalized spacial score (nSPS) is 15.3. The molecule has 0 bridgehead atoms. The van der Waals surface area contributed by atoms with Crippen molar-refractivity contribution in [1.82, 2.24) is 5.32 Å². The first kappa shape index (κ1) is 21.3. The van der Waals surface area contributed by atoms with Crippen LogP contribution in [0.4, 0.5) is 5.00 Å². The number of amides is 2. The van der Waals surface area contributed by atoms with Crippen LogP contribution >= 0.6 is 23.6 Å². The van der Waals surface area contributed by atoms with Crippen molar-refractivity contribution in [2.45, 2.75) is 39.5 Å². The molecule has 1 aromatic heterocycles. The van der Waals surface area contributed by atoms with Gasteiger partial charge in [-0.2, -0.15) is 0 Å². The first-order chi connectivity index (χ1) is 13.9. The average molecular weight is 432 g/mol. The van der Waals surface area contributed by atoms with Crippen LogP contribution in [0, 0.1) is 5.92 Å². The molecule has 1 heterocycles. The number of rotatable bonds is 6. The Kier molecular flexibility index (Phi) is 6.87. The molecule has 0 saturated heterocycles. The zero-order valence-corrected chi connectivity index (χ0v) is 18.2. The minimum Gasteiger partial charge on any atom is -0.494 e. The molecule has 4 N–H and O–H groups in total. The second kappa shape index (κ2) is 9.37. The number of ether oxygens (including phenoxy) is 1. The summed E-state index contributed by atoms with van der Waals surface area (Å²) in [6, 6.07) is 6.93. The molecule has 0 saturated carbocycles. The van der Waals surface area contributed by atoms with Gasteiger partial charge in [0.05, 0.1) is 12.2 Å². The Morgan fingerprint density at radius 2 is 2.17 bits per heavy atom. The predicted octanol–water partition coefficient (Wildman–Crippen LogP) is 3.89. The molecule has 0 unspecified atom stereocenters. The van der Waals surface area contributed by atoms with Gasteiger partial charge in [-0.05, 0) is 67.6 Å². The maximum absolute atomic E-state index is 12.5.